The average Bonchev–Trinajstić information content (AvgIpc) is 2.19. The van der Waals surface area contributed by atoms with E-state index >= 15 is 0 Å². The summed E-state index contributed by atoms with van der Waals surface area (Å²) < 4.78 is 27.9. The summed E-state index contributed by atoms with van der Waals surface area (Å²) in [5.74, 6) is 4.05. The van der Waals surface area contributed by atoms with Crippen molar-refractivity contribution in [2.24, 2.45) is 11.8 Å². The Kier molecular flexibility index (Phi) is 70.2. The molecule has 2 aromatic carbocycles. The molecular formula is C86H150O10S2. The van der Waals surface area contributed by atoms with Crippen molar-refractivity contribution in [2.45, 2.75) is 396 Å². The van der Waals surface area contributed by atoms with E-state index < -0.39 is 0 Å². The van der Waals surface area contributed by atoms with Gasteiger partial charge in [0.25, 0.3) is 0 Å². The third-order valence-electron chi connectivity index (χ3n) is 18.0. The van der Waals surface area contributed by atoms with Crippen LogP contribution in [0.25, 0.3) is 0 Å². The van der Waals surface area contributed by atoms with Gasteiger partial charge in [-0.15, -0.1) is 0 Å². The molecule has 0 N–H and O–H groups in total. The Labute approximate surface area is 611 Å². The normalized spacial score (nSPS) is 11.8. The molecule has 2 aromatic rings. The Hall–Kier alpha value is -3.77. The number of benzene rings is 2. The molecule has 2 rings (SSSR count). The monoisotopic (exact) mass is 1410 g/mol. The maximum atomic E-state index is 12.6. The number of hydrogen-bond donors (Lipinski definition) is 0. The summed E-state index contributed by atoms with van der Waals surface area (Å²) >= 11 is 0. The number of unbranched alkanes of at least 4 members (excludes halogenated alkanes) is 27. The molecular weight excluding hydrogens is 1260 g/mol. The number of hydrogen-bond acceptors (Lipinski definition) is 12. The van der Waals surface area contributed by atoms with Crippen molar-refractivity contribution in [3.63, 3.8) is 0 Å². The Morgan fingerprint density at radius 3 is 0.990 bits per heavy atom. The topological polar surface area (TPSA) is 132 Å². The zero-order valence-electron chi connectivity index (χ0n) is 64.8. The summed E-state index contributed by atoms with van der Waals surface area (Å²) in [6.45, 7) is 21.0. The van der Waals surface area contributed by atoms with Crippen molar-refractivity contribution in [2.75, 3.05) is 24.7 Å². The number of carbonyl (C=O) groups excluding carboxylic acids is 5. The highest BCUT2D eigenvalue weighted by molar-refractivity contribution is 8.76. The first-order valence-corrected chi connectivity index (χ1v) is 43.4. The third kappa shape index (κ3) is 63.2. The lowest BCUT2D eigenvalue weighted by molar-refractivity contribution is -0.150. The minimum Gasteiger partial charge on any atom is -0.465 e. The van der Waals surface area contributed by atoms with Gasteiger partial charge in [-0.05, 0) is 144 Å². The van der Waals surface area contributed by atoms with Crippen molar-refractivity contribution in [3.05, 3.63) is 71.8 Å². The van der Waals surface area contributed by atoms with E-state index in [4.69, 9.17) is 23.7 Å². The maximum Gasteiger partial charge on any atom is 0.311 e. The molecule has 0 saturated heterocycles. The SMILES string of the molecule is CCCCCCCC/C=C\CCCCCCCC(=O)Oc1ccc(CC(=O)OCCC(CCC)CCCC)cc1.CCCCCCCCC(CCCCCCCC)OC(=O)CCCCCCCC(=O)Oc1ccc(CC(=O)OCCC(CCC)CCCC)cc1.CCCSSCCC. The molecule has 2 atom stereocenters. The average molecular weight is 1410 g/mol. The first kappa shape index (κ1) is 94.2. The van der Waals surface area contributed by atoms with Crippen molar-refractivity contribution < 1.29 is 47.7 Å². The van der Waals surface area contributed by atoms with Gasteiger partial charge in [-0.1, -0.05) is 319 Å². The van der Waals surface area contributed by atoms with Gasteiger partial charge in [-0.2, -0.15) is 0 Å². The summed E-state index contributed by atoms with van der Waals surface area (Å²) in [6.07, 6.45) is 60.8. The lowest BCUT2D eigenvalue weighted by Crippen LogP contribution is -2.18. The van der Waals surface area contributed by atoms with Crippen molar-refractivity contribution in [1.82, 2.24) is 0 Å². The van der Waals surface area contributed by atoms with E-state index in [1.54, 1.807) is 24.3 Å². The van der Waals surface area contributed by atoms with Crippen LogP contribution >= 0.6 is 21.6 Å². The molecule has 566 valence electrons. The molecule has 0 radical (unpaired) electrons. The minimum absolute atomic E-state index is 0.0446. The van der Waals surface area contributed by atoms with Crippen LogP contribution < -0.4 is 9.47 Å². The van der Waals surface area contributed by atoms with E-state index in [9.17, 15) is 24.0 Å². The highest BCUT2D eigenvalue weighted by Gasteiger charge is 2.17. The Morgan fingerprint density at radius 1 is 0.316 bits per heavy atom. The van der Waals surface area contributed by atoms with Gasteiger partial charge in [-0.3, -0.25) is 24.0 Å². The van der Waals surface area contributed by atoms with Gasteiger partial charge in [0.1, 0.15) is 17.6 Å². The maximum absolute atomic E-state index is 12.6. The van der Waals surface area contributed by atoms with Crippen LogP contribution in [0.1, 0.15) is 388 Å². The summed E-state index contributed by atoms with van der Waals surface area (Å²) in [7, 11) is 3.99. The Bertz CT molecular complexity index is 2110. The second kappa shape index (κ2) is 73.0. The van der Waals surface area contributed by atoms with E-state index in [0.29, 0.717) is 55.8 Å². The number of ether oxygens (including phenoxy) is 5. The molecule has 0 aromatic heterocycles. The molecule has 0 aliphatic rings. The molecule has 0 saturated carbocycles. The third-order valence-corrected chi connectivity index (χ3v) is 20.8. The number of allylic oxidation sites excluding steroid dienone is 2. The van der Waals surface area contributed by atoms with Crippen molar-refractivity contribution in [1.29, 1.82) is 0 Å². The van der Waals surface area contributed by atoms with Crippen LogP contribution in [0.2, 0.25) is 0 Å². The fraction of sp³-hybridized carbons (Fsp3) is 0.779. The van der Waals surface area contributed by atoms with Crippen LogP contribution in [-0.4, -0.2) is 60.7 Å². The standard InChI is InChI=1S/C44H76O6.C36H60O4.C6H14S2/c1-5-9-12-14-17-21-27-40(28-22-18-15-13-10-6-2)49-42(45)29-23-19-16-20-24-30-43(46)50-41-33-31-39(32-34-41)37-44(47)48-36-35-38(25-8-4)26-11-7-3;1-4-7-9-10-11-12-13-14-15-16-17-18-19-20-21-24-35(37)40-34-27-25-33(26-28-34)31-36(38)39-30-29-32(22-6-3)23-8-5-2;1-3-5-7-8-6-4-2/h31-34,38,40H,5-30,35-37H2,1-4H3;14-15,25-28,32H,4-13,16-24,29-31H2,1-3H3;3-6H2,1-2H3/b;15-14-;. The quantitative estimate of drug-likeness (QED) is 0.0156. The number of esters is 5. The molecule has 98 heavy (non-hydrogen) atoms. The lowest BCUT2D eigenvalue weighted by Gasteiger charge is -2.18. The highest BCUT2D eigenvalue weighted by atomic mass is 33.1. The largest absolute Gasteiger partial charge is 0.465 e. The molecule has 0 fully saturated rings. The summed E-state index contributed by atoms with van der Waals surface area (Å²) in [6, 6.07) is 14.3. The molecule has 0 spiro atoms. The van der Waals surface area contributed by atoms with E-state index in [-0.39, 0.29) is 48.8 Å². The number of carbonyl (C=O) groups is 5. The highest BCUT2D eigenvalue weighted by Crippen LogP contribution is 2.25. The molecule has 0 aliphatic heterocycles. The second-order valence-electron chi connectivity index (χ2n) is 27.7. The van der Waals surface area contributed by atoms with Gasteiger partial charge in [0.2, 0.25) is 0 Å². The molecule has 0 amide bonds. The van der Waals surface area contributed by atoms with Gasteiger partial charge in [0.15, 0.2) is 0 Å². The molecule has 0 heterocycles. The van der Waals surface area contributed by atoms with Crippen LogP contribution in [-0.2, 0) is 51.0 Å². The first-order chi connectivity index (χ1) is 47.9. The van der Waals surface area contributed by atoms with Gasteiger partial charge < -0.3 is 23.7 Å². The first-order valence-electron chi connectivity index (χ1n) is 40.9. The molecule has 10 nitrogen and oxygen atoms in total. The van der Waals surface area contributed by atoms with Gasteiger partial charge >= 0.3 is 29.8 Å². The summed E-state index contributed by atoms with van der Waals surface area (Å²) in [4.78, 5) is 61.7. The fourth-order valence-electron chi connectivity index (χ4n) is 12.0. The van der Waals surface area contributed by atoms with Gasteiger partial charge in [0.05, 0.1) is 26.1 Å². The zero-order valence-corrected chi connectivity index (χ0v) is 66.4. The molecule has 0 aliphatic carbocycles. The van der Waals surface area contributed by atoms with Crippen molar-refractivity contribution in [3.8, 4) is 11.5 Å². The minimum atomic E-state index is -0.243. The molecule has 12 heteroatoms. The Morgan fingerprint density at radius 2 is 0.643 bits per heavy atom. The van der Waals surface area contributed by atoms with E-state index in [1.807, 2.05) is 45.9 Å². The molecule has 2 unspecified atom stereocenters. The van der Waals surface area contributed by atoms with E-state index in [2.05, 4.69) is 74.5 Å². The van der Waals surface area contributed by atoms with Crippen LogP contribution in [0.4, 0.5) is 0 Å². The van der Waals surface area contributed by atoms with Gasteiger partial charge in [-0.25, -0.2) is 0 Å². The number of rotatable bonds is 65. The molecule has 0 bridgehead atoms. The lowest BCUT2D eigenvalue weighted by atomic mass is 9.94. The van der Waals surface area contributed by atoms with E-state index in [0.717, 1.165) is 101 Å². The van der Waals surface area contributed by atoms with Crippen LogP contribution in [0.5, 0.6) is 11.5 Å². The van der Waals surface area contributed by atoms with Gasteiger partial charge in [0, 0.05) is 30.8 Å². The smallest absolute Gasteiger partial charge is 0.311 e. The fourth-order valence-corrected chi connectivity index (χ4v) is 14.3. The van der Waals surface area contributed by atoms with Crippen molar-refractivity contribution >= 4 is 51.4 Å². The Balaban J connectivity index is 0.00000175. The summed E-state index contributed by atoms with van der Waals surface area (Å²) in [5, 5.41) is 0. The van der Waals surface area contributed by atoms with E-state index in [1.165, 1.54) is 217 Å². The zero-order chi connectivity index (χ0) is 71.8. The second-order valence-corrected chi connectivity index (χ2v) is 30.4. The van der Waals surface area contributed by atoms with Crippen LogP contribution in [0.15, 0.2) is 60.7 Å². The van der Waals surface area contributed by atoms with Crippen LogP contribution in [0, 0.1) is 11.8 Å². The predicted octanol–water partition coefficient (Wildman–Crippen LogP) is 26.7. The van der Waals surface area contributed by atoms with Crippen LogP contribution in [0.3, 0.4) is 0 Å². The summed E-state index contributed by atoms with van der Waals surface area (Å²) in [5.41, 5.74) is 1.72. The predicted molar refractivity (Wildman–Crippen MR) is 422 cm³/mol.